The number of hydrogen-bond acceptors (Lipinski definition) is 6. The number of halogens is 1. The number of aryl methyl sites for hydroxylation is 1. The third-order valence-corrected chi connectivity index (χ3v) is 5.24. The molecule has 0 atom stereocenters. The normalized spacial score (nSPS) is 11.0. The minimum atomic E-state index is -3.85. The Bertz CT molecular complexity index is 995. The van der Waals surface area contributed by atoms with Crippen LogP contribution in [0.15, 0.2) is 42.5 Å². The third kappa shape index (κ3) is 6.61. The van der Waals surface area contributed by atoms with Crippen LogP contribution in [0.1, 0.15) is 5.56 Å². The monoisotopic (exact) mass is 441 g/mol. The number of anilines is 1. The molecule has 9 nitrogen and oxygen atoms in total. The van der Waals surface area contributed by atoms with Gasteiger partial charge in [-0.25, -0.2) is 8.42 Å². The quantitative estimate of drug-likeness (QED) is 0.363. The average molecular weight is 442 g/mol. The van der Waals surface area contributed by atoms with Crippen molar-refractivity contribution in [3.8, 4) is 5.75 Å². The smallest absolute Gasteiger partial charge is 0.271 e. The second-order valence-electron chi connectivity index (χ2n) is 6.15. The Hall–Kier alpha value is -2.85. The molecule has 0 heterocycles. The molecule has 156 valence electrons. The van der Waals surface area contributed by atoms with E-state index in [1.54, 1.807) is 31.2 Å². The van der Waals surface area contributed by atoms with E-state index in [1.807, 2.05) is 0 Å². The van der Waals surface area contributed by atoms with Gasteiger partial charge in [-0.15, -0.1) is 0 Å². The minimum absolute atomic E-state index is 0.0780. The number of ether oxygens (including phenoxy) is 1. The molecule has 0 aliphatic carbocycles. The Morgan fingerprint density at radius 2 is 1.90 bits per heavy atom. The summed E-state index contributed by atoms with van der Waals surface area (Å²) in [5.41, 5.74) is 0.296. The highest BCUT2D eigenvalue weighted by atomic mass is 35.5. The topological polar surface area (TPSA) is 119 Å². The first-order valence-electron chi connectivity index (χ1n) is 8.46. The summed E-state index contributed by atoms with van der Waals surface area (Å²) < 4.78 is 30.7. The highest BCUT2D eigenvalue weighted by Gasteiger charge is 2.24. The van der Waals surface area contributed by atoms with Crippen LogP contribution in [0.25, 0.3) is 0 Å². The molecule has 0 saturated heterocycles. The van der Waals surface area contributed by atoms with Crippen LogP contribution >= 0.6 is 11.6 Å². The fourth-order valence-corrected chi connectivity index (χ4v) is 3.47. The average Bonchev–Trinajstić information content (AvgIpc) is 2.64. The molecular weight excluding hydrogens is 422 g/mol. The second kappa shape index (κ2) is 9.57. The molecule has 0 aromatic heterocycles. The first-order valence-corrected chi connectivity index (χ1v) is 10.7. The van der Waals surface area contributed by atoms with Crippen LogP contribution < -0.4 is 14.4 Å². The van der Waals surface area contributed by atoms with Crippen molar-refractivity contribution in [1.82, 2.24) is 5.32 Å². The van der Waals surface area contributed by atoms with Crippen molar-refractivity contribution in [3.63, 3.8) is 0 Å². The summed E-state index contributed by atoms with van der Waals surface area (Å²) in [5.74, 6) is 0.00895. The lowest BCUT2D eigenvalue weighted by atomic mass is 10.2. The van der Waals surface area contributed by atoms with Gasteiger partial charge in [-0.1, -0.05) is 17.7 Å². The van der Waals surface area contributed by atoms with Gasteiger partial charge in [0.2, 0.25) is 15.9 Å². The van der Waals surface area contributed by atoms with Gasteiger partial charge in [0.25, 0.3) is 5.69 Å². The van der Waals surface area contributed by atoms with Crippen LogP contribution in [-0.2, 0) is 14.8 Å². The van der Waals surface area contributed by atoms with Gasteiger partial charge in [0.1, 0.15) is 18.9 Å². The van der Waals surface area contributed by atoms with E-state index in [0.717, 1.165) is 16.6 Å². The lowest BCUT2D eigenvalue weighted by molar-refractivity contribution is -0.384. The molecule has 0 spiro atoms. The molecule has 0 aliphatic heterocycles. The molecule has 2 aromatic rings. The van der Waals surface area contributed by atoms with Gasteiger partial charge in [-0.3, -0.25) is 19.2 Å². The highest BCUT2D eigenvalue weighted by molar-refractivity contribution is 7.92. The van der Waals surface area contributed by atoms with Crippen molar-refractivity contribution >= 4 is 38.9 Å². The fourth-order valence-electron chi connectivity index (χ4n) is 2.44. The molecule has 2 aromatic carbocycles. The van der Waals surface area contributed by atoms with Gasteiger partial charge in [-0.05, 0) is 36.8 Å². The maximum Gasteiger partial charge on any atom is 0.271 e. The summed E-state index contributed by atoms with van der Waals surface area (Å²) in [6.45, 7) is 1.41. The molecule has 0 fully saturated rings. The Labute approximate surface area is 173 Å². The molecule has 29 heavy (non-hydrogen) atoms. The number of nitro benzene ring substituents is 1. The van der Waals surface area contributed by atoms with Crippen molar-refractivity contribution in [2.75, 3.05) is 30.3 Å². The van der Waals surface area contributed by atoms with Crippen molar-refractivity contribution < 1.29 is 22.9 Å². The summed E-state index contributed by atoms with van der Waals surface area (Å²) >= 11 is 5.78. The molecule has 0 bridgehead atoms. The van der Waals surface area contributed by atoms with Gasteiger partial charge in [0, 0.05) is 17.2 Å². The largest absolute Gasteiger partial charge is 0.492 e. The van der Waals surface area contributed by atoms with Crippen LogP contribution in [0.2, 0.25) is 5.02 Å². The van der Waals surface area contributed by atoms with Crippen molar-refractivity contribution in [2.45, 2.75) is 6.92 Å². The molecule has 1 amide bonds. The number of benzene rings is 2. The second-order valence-corrected chi connectivity index (χ2v) is 8.49. The fraction of sp³-hybridized carbons (Fsp3) is 0.278. The van der Waals surface area contributed by atoms with E-state index in [2.05, 4.69) is 5.32 Å². The zero-order valence-corrected chi connectivity index (χ0v) is 17.4. The molecule has 11 heteroatoms. The van der Waals surface area contributed by atoms with E-state index < -0.39 is 27.4 Å². The summed E-state index contributed by atoms with van der Waals surface area (Å²) in [6.07, 6.45) is 0.933. The molecule has 0 saturated carbocycles. The molecule has 0 radical (unpaired) electrons. The first kappa shape index (κ1) is 22.4. The summed E-state index contributed by atoms with van der Waals surface area (Å²) in [6, 6.07) is 10.5. The van der Waals surface area contributed by atoms with Crippen molar-refractivity contribution in [1.29, 1.82) is 0 Å². The van der Waals surface area contributed by atoms with Gasteiger partial charge >= 0.3 is 0 Å². The van der Waals surface area contributed by atoms with Crippen LogP contribution in [0.5, 0.6) is 5.75 Å². The SMILES string of the molecule is Cc1ccc([N+](=O)[O-])cc1N(CC(=O)NCCOc1ccc(Cl)cc1)S(C)(=O)=O. The number of carbonyl (C=O) groups is 1. The van der Waals surface area contributed by atoms with Gasteiger partial charge in [-0.2, -0.15) is 0 Å². The molecule has 1 N–H and O–H groups in total. The van der Waals surface area contributed by atoms with E-state index >= 15 is 0 Å². The molecule has 0 unspecified atom stereocenters. The molecular formula is C18H20ClN3O6S. The van der Waals surface area contributed by atoms with Crippen LogP contribution in [-0.4, -0.2) is 45.2 Å². The van der Waals surface area contributed by atoms with E-state index in [1.165, 1.54) is 12.1 Å². The number of hydrogen-bond donors (Lipinski definition) is 1. The predicted molar refractivity (Wildman–Crippen MR) is 110 cm³/mol. The first-order chi connectivity index (χ1) is 13.6. The van der Waals surface area contributed by atoms with Crippen molar-refractivity contribution in [3.05, 3.63) is 63.2 Å². The number of carbonyl (C=O) groups excluding carboxylic acids is 1. The number of nitrogens with one attached hydrogen (secondary N) is 1. The summed E-state index contributed by atoms with van der Waals surface area (Å²) in [5, 5.41) is 14.1. The maximum absolute atomic E-state index is 12.2. The van der Waals surface area contributed by atoms with Crippen LogP contribution in [0, 0.1) is 17.0 Å². The van der Waals surface area contributed by atoms with Gasteiger partial charge < -0.3 is 10.1 Å². The Balaban J connectivity index is 2.01. The minimum Gasteiger partial charge on any atom is -0.492 e. The number of amides is 1. The lowest BCUT2D eigenvalue weighted by Crippen LogP contribution is -2.41. The van der Waals surface area contributed by atoms with E-state index in [9.17, 15) is 23.3 Å². The van der Waals surface area contributed by atoms with Crippen LogP contribution in [0.3, 0.4) is 0 Å². The Kier molecular flexibility index (Phi) is 7.40. The Morgan fingerprint density at radius 1 is 1.24 bits per heavy atom. The number of sulfonamides is 1. The lowest BCUT2D eigenvalue weighted by Gasteiger charge is -2.23. The number of rotatable bonds is 9. The predicted octanol–water partition coefficient (Wildman–Crippen LogP) is 2.52. The standard InChI is InChI=1S/C18H20ClN3O6S/c1-13-3-6-15(22(24)25)11-17(13)21(29(2,26)27)12-18(23)20-9-10-28-16-7-4-14(19)5-8-16/h3-8,11H,9-10,12H2,1-2H3,(H,20,23). The third-order valence-electron chi connectivity index (χ3n) is 3.87. The van der Waals surface area contributed by atoms with Crippen LogP contribution in [0.4, 0.5) is 11.4 Å². The van der Waals surface area contributed by atoms with Gasteiger partial charge in [0.05, 0.1) is 23.4 Å². The van der Waals surface area contributed by atoms with E-state index in [0.29, 0.717) is 16.3 Å². The highest BCUT2D eigenvalue weighted by Crippen LogP contribution is 2.27. The number of non-ortho nitro benzene ring substituents is 1. The molecule has 0 aliphatic rings. The van der Waals surface area contributed by atoms with E-state index in [4.69, 9.17) is 16.3 Å². The Morgan fingerprint density at radius 3 is 2.48 bits per heavy atom. The number of nitrogens with zero attached hydrogens (tertiary/aromatic N) is 2. The summed E-state index contributed by atoms with van der Waals surface area (Å²) in [7, 11) is -3.85. The zero-order chi connectivity index (χ0) is 21.6. The van der Waals surface area contributed by atoms with Gasteiger partial charge in [0.15, 0.2) is 0 Å². The summed E-state index contributed by atoms with van der Waals surface area (Å²) in [4.78, 5) is 22.6. The number of nitro groups is 1. The maximum atomic E-state index is 12.2. The van der Waals surface area contributed by atoms with Crippen molar-refractivity contribution in [2.24, 2.45) is 0 Å². The molecule has 2 rings (SSSR count). The zero-order valence-electron chi connectivity index (χ0n) is 15.8. The van der Waals surface area contributed by atoms with E-state index in [-0.39, 0.29) is 24.5 Å².